The molecule has 0 amide bonds. The normalized spacial score (nSPS) is 13.7. The van der Waals surface area contributed by atoms with Gasteiger partial charge < -0.3 is 5.73 Å². The van der Waals surface area contributed by atoms with E-state index in [0.717, 1.165) is 0 Å². The highest BCUT2D eigenvalue weighted by Gasteiger charge is 2.13. The Labute approximate surface area is 88.6 Å². The molecule has 0 fully saturated rings. The smallest absolute Gasteiger partial charge is 0.0346 e. The lowest BCUT2D eigenvalue weighted by Crippen LogP contribution is -2.16. The lowest BCUT2D eigenvalue weighted by molar-refractivity contribution is 0.517. The Morgan fingerprint density at radius 3 is 2.71 bits per heavy atom. The summed E-state index contributed by atoms with van der Waals surface area (Å²) in [5.41, 5.74) is 7.44. The van der Waals surface area contributed by atoms with Crippen LogP contribution in [0.3, 0.4) is 0 Å². The van der Waals surface area contributed by atoms with Crippen molar-refractivity contribution in [3.63, 3.8) is 0 Å². The molecule has 2 rings (SSSR count). The minimum absolute atomic E-state index is 0.147. The fraction of sp³-hybridized carbons (Fsp3) is 0.333. The molecule has 0 aliphatic rings. The Bertz CT molecular complexity index is 431. The van der Waals surface area contributed by atoms with Gasteiger partial charge in [-0.2, -0.15) is 0 Å². The van der Waals surface area contributed by atoms with Crippen molar-refractivity contribution in [2.24, 2.45) is 11.7 Å². The van der Waals surface area contributed by atoms with Gasteiger partial charge >= 0.3 is 0 Å². The fourth-order valence-corrected chi connectivity index (χ4v) is 2.49. The van der Waals surface area contributed by atoms with Crippen LogP contribution in [0.15, 0.2) is 29.6 Å². The first-order chi connectivity index (χ1) is 6.70. The van der Waals surface area contributed by atoms with Gasteiger partial charge in [-0.3, -0.25) is 0 Å². The van der Waals surface area contributed by atoms with Crippen molar-refractivity contribution in [2.45, 2.75) is 19.9 Å². The zero-order valence-electron chi connectivity index (χ0n) is 8.53. The zero-order valence-corrected chi connectivity index (χ0v) is 9.34. The molecule has 0 spiro atoms. The van der Waals surface area contributed by atoms with E-state index >= 15 is 0 Å². The van der Waals surface area contributed by atoms with Crippen molar-refractivity contribution in [3.8, 4) is 0 Å². The fourth-order valence-electron chi connectivity index (χ4n) is 1.67. The second kappa shape index (κ2) is 3.71. The van der Waals surface area contributed by atoms with Crippen molar-refractivity contribution in [2.75, 3.05) is 0 Å². The molecular weight excluding hydrogens is 190 g/mol. The number of fused-ring (bicyclic) bond motifs is 1. The van der Waals surface area contributed by atoms with E-state index in [9.17, 15) is 0 Å². The highest BCUT2D eigenvalue weighted by molar-refractivity contribution is 7.17. The Kier molecular flexibility index (Phi) is 2.57. The SMILES string of the molecule is CC(C)C(N)c1cccc2sccc12. The van der Waals surface area contributed by atoms with Gasteiger partial charge in [-0.05, 0) is 34.4 Å². The molecular formula is C12H15NS. The third-order valence-electron chi connectivity index (χ3n) is 2.61. The van der Waals surface area contributed by atoms with E-state index in [1.807, 2.05) is 0 Å². The summed E-state index contributed by atoms with van der Waals surface area (Å²) in [5, 5.41) is 3.44. The summed E-state index contributed by atoms with van der Waals surface area (Å²) >= 11 is 1.78. The van der Waals surface area contributed by atoms with Crippen LogP contribution in [0.25, 0.3) is 10.1 Å². The monoisotopic (exact) mass is 205 g/mol. The summed E-state index contributed by atoms with van der Waals surface area (Å²) in [7, 11) is 0. The molecule has 0 aliphatic heterocycles. The molecule has 0 saturated carbocycles. The van der Waals surface area contributed by atoms with Gasteiger partial charge in [-0.25, -0.2) is 0 Å². The molecule has 0 saturated heterocycles. The zero-order chi connectivity index (χ0) is 10.1. The van der Waals surface area contributed by atoms with Gasteiger partial charge in [0.05, 0.1) is 0 Å². The quantitative estimate of drug-likeness (QED) is 0.797. The number of hydrogen-bond acceptors (Lipinski definition) is 2. The van der Waals surface area contributed by atoms with E-state index in [2.05, 4.69) is 43.5 Å². The molecule has 1 aromatic heterocycles. The Morgan fingerprint density at radius 1 is 1.21 bits per heavy atom. The topological polar surface area (TPSA) is 26.0 Å². The van der Waals surface area contributed by atoms with Gasteiger partial charge in [0.1, 0.15) is 0 Å². The van der Waals surface area contributed by atoms with Crippen LogP contribution in [0.4, 0.5) is 0 Å². The number of hydrogen-bond donors (Lipinski definition) is 1. The maximum atomic E-state index is 6.17. The third-order valence-corrected chi connectivity index (χ3v) is 3.49. The van der Waals surface area contributed by atoms with Crippen LogP contribution in [0.5, 0.6) is 0 Å². The molecule has 14 heavy (non-hydrogen) atoms. The van der Waals surface area contributed by atoms with E-state index in [1.54, 1.807) is 11.3 Å². The highest BCUT2D eigenvalue weighted by Crippen LogP contribution is 2.29. The minimum Gasteiger partial charge on any atom is -0.324 e. The lowest BCUT2D eigenvalue weighted by Gasteiger charge is -2.16. The lowest BCUT2D eigenvalue weighted by atomic mass is 9.95. The number of thiophene rings is 1. The van der Waals surface area contributed by atoms with E-state index in [0.29, 0.717) is 5.92 Å². The summed E-state index contributed by atoms with van der Waals surface area (Å²) in [5.74, 6) is 0.487. The van der Waals surface area contributed by atoms with E-state index in [1.165, 1.54) is 15.6 Å². The summed E-state index contributed by atoms with van der Waals surface area (Å²) in [6, 6.07) is 8.69. The predicted octanol–water partition coefficient (Wildman–Crippen LogP) is 3.56. The molecule has 1 atom stereocenters. The molecule has 1 heterocycles. The minimum atomic E-state index is 0.147. The van der Waals surface area contributed by atoms with Gasteiger partial charge in [0.15, 0.2) is 0 Å². The first-order valence-electron chi connectivity index (χ1n) is 4.92. The van der Waals surface area contributed by atoms with Gasteiger partial charge in [-0.15, -0.1) is 11.3 Å². The van der Waals surface area contributed by atoms with Gasteiger partial charge in [-0.1, -0.05) is 26.0 Å². The number of nitrogens with two attached hydrogens (primary N) is 1. The first-order valence-corrected chi connectivity index (χ1v) is 5.80. The molecule has 1 unspecified atom stereocenters. The van der Waals surface area contributed by atoms with Crippen LogP contribution in [-0.4, -0.2) is 0 Å². The standard InChI is InChI=1S/C12H15NS/c1-8(2)12(13)10-4-3-5-11-9(10)6-7-14-11/h3-8,12H,13H2,1-2H3. The molecule has 74 valence electrons. The second-order valence-electron chi connectivity index (χ2n) is 3.95. The van der Waals surface area contributed by atoms with Crippen LogP contribution in [0.2, 0.25) is 0 Å². The average molecular weight is 205 g/mol. The van der Waals surface area contributed by atoms with Crippen molar-refractivity contribution in [3.05, 3.63) is 35.2 Å². The second-order valence-corrected chi connectivity index (χ2v) is 4.90. The molecule has 1 aromatic carbocycles. The first kappa shape index (κ1) is 9.69. The van der Waals surface area contributed by atoms with Gasteiger partial charge in [0.25, 0.3) is 0 Å². The van der Waals surface area contributed by atoms with Crippen molar-refractivity contribution >= 4 is 21.4 Å². The van der Waals surface area contributed by atoms with Gasteiger partial charge in [0.2, 0.25) is 0 Å². The highest BCUT2D eigenvalue weighted by atomic mass is 32.1. The Morgan fingerprint density at radius 2 is 2.00 bits per heavy atom. The largest absolute Gasteiger partial charge is 0.324 e. The summed E-state index contributed by atoms with van der Waals surface area (Å²) < 4.78 is 1.33. The molecule has 1 nitrogen and oxygen atoms in total. The van der Waals surface area contributed by atoms with E-state index < -0.39 is 0 Å². The molecule has 0 aliphatic carbocycles. The van der Waals surface area contributed by atoms with Crippen LogP contribution >= 0.6 is 11.3 Å². The van der Waals surface area contributed by atoms with Crippen molar-refractivity contribution in [1.82, 2.24) is 0 Å². The van der Waals surface area contributed by atoms with Crippen LogP contribution < -0.4 is 5.73 Å². The Hall–Kier alpha value is -0.860. The van der Waals surface area contributed by atoms with Crippen LogP contribution in [0, 0.1) is 5.92 Å². The van der Waals surface area contributed by atoms with E-state index in [4.69, 9.17) is 5.73 Å². The van der Waals surface area contributed by atoms with Crippen molar-refractivity contribution in [1.29, 1.82) is 0 Å². The number of rotatable bonds is 2. The van der Waals surface area contributed by atoms with Crippen LogP contribution in [-0.2, 0) is 0 Å². The molecule has 2 N–H and O–H groups in total. The third kappa shape index (κ3) is 1.56. The molecule has 2 heteroatoms. The maximum absolute atomic E-state index is 6.17. The molecule has 0 bridgehead atoms. The summed E-state index contributed by atoms with van der Waals surface area (Å²) in [4.78, 5) is 0. The number of benzene rings is 1. The summed E-state index contributed by atoms with van der Waals surface area (Å²) in [6.07, 6.45) is 0. The van der Waals surface area contributed by atoms with E-state index in [-0.39, 0.29) is 6.04 Å². The summed E-state index contributed by atoms with van der Waals surface area (Å²) in [6.45, 7) is 4.33. The van der Waals surface area contributed by atoms with Crippen LogP contribution in [0.1, 0.15) is 25.5 Å². The van der Waals surface area contributed by atoms with Gasteiger partial charge in [0, 0.05) is 10.7 Å². The predicted molar refractivity (Wildman–Crippen MR) is 63.6 cm³/mol. The Balaban J connectivity index is 2.56. The molecule has 0 radical (unpaired) electrons. The molecule has 2 aromatic rings. The maximum Gasteiger partial charge on any atom is 0.0346 e. The van der Waals surface area contributed by atoms with Crippen molar-refractivity contribution < 1.29 is 0 Å². The average Bonchev–Trinajstić information content (AvgIpc) is 2.63.